The van der Waals surface area contributed by atoms with Gasteiger partial charge in [0.15, 0.2) is 0 Å². The number of carboxylic acid groups (broad SMARTS) is 2. The van der Waals surface area contributed by atoms with Crippen molar-refractivity contribution < 1.29 is 44.8 Å². The van der Waals surface area contributed by atoms with Crippen LogP contribution in [-0.2, 0) is 4.74 Å². The molecule has 0 atom stereocenters. The molecule has 9 nitrogen and oxygen atoms in total. The Morgan fingerprint density at radius 1 is 0.897 bits per heavy atom. The van der Waals surface area contributed by atoms with Crippen LogP contribution in [0.3, 0.4) is 0 Å². The Morgan fingerprint density at radius 3 is 1.55 bits per heavy atom. The number of quaternary nitrogens is 1. The number of carboxylic acids is 2. The van der Waals surface area contributed by atoms with E-state index in [4.69, 9.17) is 19.3 Å². The number of hydrogen-bond donors (Lipinski definition) is 2. The number of nitrogens with two attached hydrogens (primary N) is 1. The SMILES string of the molecule is C1COCC[NH2+]1.COc1ccc(C(=O)O)cc1.COc1ccc(C(=O)[O-])cc1.O. The van der Waals surface area contributed by atoms with Gasteiger partial charge in [0.25, 0.3) is 0 Å². The highest BCUT2D eigenvalue weighted by Gasteiger charge is 2.00. The van der Waals surface area contributed by atoms with Crippen molar-refractivity contribution in [2.75, 3.05) is 40.5 Å². The zero-order valence-corrected chi connectivity index (χ0v) is 16.4. The minimum absolute atomic E-state index is 0. The minimum Gasteiger partial charge on any atom is -0.545 e. The summed E-state index contributed by atoms with van der Waals surface area (Å²) in [7, 11) is 3.06. The molecular formula is C20H27NO8. The van der Waals surface area contributed by atoms with E-state index in [1.165, 1.54) is 38.5 Å². The molecular weight excluding hydrogens is 382 g/mol. The van der Waals surface area contributed by atoms with E-state index in [-0.39, 0.29) is 16.6 Å². The predicted octanol–water partition coefficient (Wildman–Crippen LogP) is -0.793. The lowest BCUT2D eigenvalue weighted by molar-refractivity contribution is -0.670. The van der Waals surface area contributed by atoms with E-state index < -0.39 is 11.9 Å². The van der Waals surface area contributed by atoms with Gasteiger partial charge >= 0.3 is 5.97 Å². The van der Waals surface area contributed by atoms with E-state index >= 15 is 0 Å². The fourth-order valence-corrected chi connectivity index (χ4v) is 2.04. The number of ether oxygens (including phenoxy) is 3. The van der Waals surface area contributed by atoms with E-state index in [2.05, 4.69) is 5.32 Å². The molecule has 0 spiro atoms. The molecule has 1 aliphatic heterocycles. The van der Waals surface area contributed by atoms with Crippen LogP contribution in [0.25, 0.3) is 0 Å². The molecule has 1 heterocycles. The molecule has 1 aliphatic rings. The third-order valence-electron chi connectivity index (χ3n) is 3.60. The van der Waals surface area contributed by atoms with Crippen molar-refractivity contribution >= 4 is 11.9 Å². The van der Waals surface area contributed by atoms with Gasteiger partial charge in [-0.25, -0.2) is 4.79 Å². The molecule has 0 radical (unpaired) electrons. The van der Waals surface area contributed by atoms with E-state index in [0.717, 1.165) is 26.3 Å². The maximum Gasteiger partial charge on any atom is 0.335 e. The largest absolute Gasteiger partial charge is 0.545 e. The number of carbonyl (C=O) groups excluding carboxylic acids is 1. The first-order valence-electron chi connectivity index (χ1n) is 8.60. The highest BCUT2D eigenvalue weighted by molar-refractivity contribution is 5.87. The topological polar surface area (TPSA) is 153 Å². The first-order chi connectivity index (χ1) is 13.5. The summed E-state index contributed by atoms with van der Waals surface area (Å²) in [5.74, 6) is -0.801. The summed E-state index contributed by atoms with van der Waals surface area (Å²) in [6.45, 7) is 4.19. The number of aromatic carboxylic acids is 2. The van der Waals surface area contributed by atoms with Gasteiger partial charge in [0.05, 0.1) is 52.1 Å². The third-order valence-corrected chi connectivity index (χ3v) is 3.60. The molecule has 2 aromatic carbocycles. The second kappa shape index (κ2) is 14.9. The average molecular weight is 409 g/mol. The second-order valence-electron chi connectivity index (χ2n) is 5.53. The van der Waals surface area contributed by atoms with Gasteiger partial charge in [0, 0.05) is 0 Å². The summed E-state index contributed by atoms with van der Waals surface area (Å²) in [6, 6.07) is 12.3. The molecule has 3 rings (SSSR count). The van der Waals surface area contributed by atoms with Gasteiger partial charge in [-0.3, -0.25) is 0 Å². The van der Waals surface area contributed by atoms with Crippen molar-refractivity contribution in [1.29, 1.82) is 0 Å². The van der Waals surface area contributed by atoms with E-state index in [0.29, 0.717) is 11.5 Å². The standard InChI is InChI=1S/2C8H8O3.C4H9NO.H2O/c2*1-11-7-4-2-6(3-5-7)8(9)10;1-3-6-4-2-5-1;/h2*2-5H,1H3,(H,9,10);5H,1-4H2;1H2. The van der Waals surface area contributed by atoms with Gasteiger partial charge in [-0.2, -0.15) is 0 Å². The van der Waals surface area contributed by atoms with Crippen molar-refractivity contribution in [2.45, 2.75) is 0 Å². The van der Waals surface area contributed by atoms with E-state index in [1.807, 2.05) is 0 Å². The maximum absolute atomic E-state index is 10.4. The lowest BCUT2D eigenvalue weighted by Gasteiger charge is -2.07. The predicted molar refractivity (Wildman–Crippen MR) is 103 cm³/mol. The molecule has 0 aromatic heterocycles. The van der Waals surface area contributed by atoms with Crippen LogP contribution in [0, 0.1) is 0 Å². The van der Waals surface area contributed by atoms with Gasteiger partial charge in [0.2, 0.25) is 0 Å². The Hall–Kier alpha value is -3.14. The molecule has 1 fully saturated rings. The average Bonchev–Trinajstić information content (AvgIpc) is 2.76. The van der Waals surface area contributed by atoms with Gasteiger partial charge < -0.3 is 40.0 Å². The first-order valence-corrected chi connectivity index (χ1v) is 8.60. The first kappa shape index (κ1) is 25.9. The fourth-order valence-electron chi connectivity index (χ4n) is 2.04. The van der Waals surface area contributed by atoms with Crippen molar-refractivity contribution in [3.8, 4) is 11.5 Å². The molecule has 9 heteroatoms. The molecule has 1 saturated heterocycles. The van der Waals surface area contributed by atoms with Gasteiger partial charge in [-0.15, -0.1) is 0 Å². The normalized spacial score (nSPS) is 11.9. The molecule has 0 saturated carbocycles. The summed E-state index contributed by atoms with van der Waals surface area (Å²) in [6.07, 6.45) is 0. The molecule has 5 N–H and O–H groups in total. The Bertz CT molecular complexity index is 643. The van der Waals surface area contributed by atoms with Crippen LogP contribution in [0.15, 0.2) is 48.5 Å². The molecule has 160 valence electrons. The fraction of sp³-hybridized carbons (Fsp3) is 0.300. The molecule has 0 aliphatic carbocycles. The smallest absolute Gasteiger partial charge is 0.335 e. The summed E-state index contributed by atoms with van der Waals surface area (Å²) in [4.78, 5) is 20.6. The molecule has 0 unspecified atom stereocenters. The Labute approximate surface area is 169 Å². The summed E-state index contributed by atoms with van der Waals surface area (Å²) < 4.78 is 14.7. The van der Waals surface area contributed by atoms with E-state index in [1.54, 1.807) is 24.3 Å². The van der Waals surface area contributed by atoms with Crippen LogP contribution < -0.4 is 19.9 Å². The lowest BCUT2D eigenvalue weighted by Crippen LogP contribution is -2.87. The second-order valence-corrected chi connectivity index (χ2v) is 5.53. The van der Waals surface area contributed by atoms with Crippen LogP contribution in [0.2, 0.25) is 0 Å². The van der Waals surface area contributed by atoms with Crippen molar-refractivity contribution in [3.05, 3.63) is 59.7 Å². The summed E-state index contributed by atoms with van der Waals surface area (Å²) >= 11 is 0. The van der Waals surface area contributed by atoms with Crippen LogP contribution >= 0.6 is 0 Å². The van der Waals surface area contributed by atoms with Crippen LogP contribution in [-0.4, -0.2) is 63.0 Å². The summed E-state index contributed by atoms with van der Waals surface area (Å²) in [5, 5.41) is 21.0. The highest BCUT2D eigenvalue weighted by atomic mass is 16.5. The van der Waals surface area contributed by atoms with Gasteiger partial charge in [-0.1, -0.05) is 0 Å². The van der Waals surface area contributed by atoms with Crippen LogP contribution in [0.5, 0.6) is 11.5 Å². The Balaban J connectivity index is 0.000000415. The zero-order chi connectivity index (χ0) is 20.8. The van der Waals surface area contributed by atoms with Gasteiger partial charge in [-0.05, 0) is 54.1 Å². The number of rotatable bonds is 4. The number of carbonyl (C=O) groups is 2. The quantitative estimate of drug-likeness (QED) is 0.671. The van der Waals surface area contributed by atoms with Gasteiger partial charge in [0.1, 0.15) is 11.5 Å². The van der Waals surface area contributed by atoms with E-state index in [9.17, 15) is 14.7 Å². The maximum atomic E-state index is 10.4. The monoisotopic (exact) mass is 409 g/mol. The van der Waals surface area contributed by atoms with Crippen LogP contribution in [0.1, 0.15) is 20.7 Å². The molecule has 0 amide bonds. The van der Waals surface area contributed by atoms with Crippen LogP contribution in [0.4, 0.5) is 0 Å². The van der Waals surface area contributed by atoms with Crippen molar-refractivity contribution in [1.82, 2.24) is 0 Å². The lowest BCUT2D eigenvalue weighted by atomic mass is 10.2. The van der Waals surface area contributed by atoms with Crippen molar-refractivity contribution in [2.24, 2.45) is 0 Å². The molecule has 0 bridgehead atoms. The number of benzene rings is 2. The Kier molecular flexibility index (Phi) is 13.3. The van der Waals surface area contributed by atoms with Crippen molar-refractivity contribution in [3.63, 3.8) is 0 Å². The Morgan fingerprint density at radius 2 is 1.31 bits per heavy atom. The molecule has 2 aromatic rings. The zero-order valence-electron chi connectivity index (χ0n) is 16.4. The molecule has 29 heavy (non-hydrogen) atoms. The minimum atomic E-state index is -1.17. The summed E-state index contributed by atoms with van der Waals surface area (Å²) in [5.41, 5.74) is 0.427. The number of morpholine rings is 1. The highest BCUT2D eigenvalue weighted by Crippen LogP contribution is 2.11. The number of hydrogen-bond acceptors (Lipinski definition) is 6. The number of methoxy groups -OCH3 is 2. The third kappa shape index (κ3) is 10.7.